The van der Waals surface area contributed by atoms with Gasteiger partial charge in [-0.1, -0.05) is 60.3 Å². The molecule has 1 saturated heterocycles. The van der Waals surface area contributed by atoms with Gasteiger partial charge in [-0.2, -0.15) is 0 Å². The molecule has 122 valence electrons. The highest BCUT2D eigenvalue weighted by atomic mass is 32.2. The molecule has 1 atom stereocenters. The Kier molecular flexibility index (Phi) is 4.96. The van der Waals surface area contributed by atoms with Crippen LogP contribution in [0.3, 0.4) is 0 Å². The lowest BCUT2D eigenvalue weighted by Gasteiger charge is -2.13. The van der Waals surface area contributed by atoms with Crippen LogP contribution < -0.4 is 10.6 Å². The van der Waals surface area contributed by atoms with E-state index in [0.717, 1.165) is 22.9 Å². The lowest BCUT2D eigenvalue weighted by molar-refractivity contribution is -0.132. The fourth-order valence-electron chi connectivity index (χ4n) is 2.50. The van der Waals surface area contributed by atoms with Gasteiger partial charge in [0.15, 0.2) is 0 Å². The van der Waals surface area contributed by atoms with Crippen LogP contribution in [0.5, 0.6) is 0 Å². The number of amides is 2. The fraction of sp³-hybridized carbons (Fsp3) is 0.167. The molecule has 1 aliphatic rings. The molecule has 0 saturated carbocycles. The fourth-order valence-corrected chi connectivity index (χ4v) is 3.36. The van der Waals surface area contributed by atoms with Crippen LogP contribution in [-0.4, -0.2) is 22.3 Å². The molecule has 1 fully saturated rings. The highest BCUT2D eigenvalue weighted by Crippen LogP contribution is 2.22. The van der Waals surface area contributed by atoms with Crippen molar-refractivity contribution < 1.29 is 14.4 Å². The van der Waals surface area contributed by atoms with Crippen LogP contribution in [0.15, 0.2) is 54.6 Å². The lowest BCUT2D eigenvalue weighted by Crippen LogP contribution is -2.29. The third-order valence-electron chi connectivity index (χ3n) is 3.69. The average Bonchev–Trinajstić information content (AvgIpc) is 2.91. The summed E-state index contributed by atoms with van der Waals surface area (Å²) in [5.74, 6) is -0.744. The second-order valence-electron chi connectivity index (χ2n) is 5.40. The van der Waals surface area contributed by atoms with Gasteiger partial charge in [0, 0.05) is 18.5 Å². The van der Waals surface area contributed by atoms with Crippen LogP contribution in [-0.2, 0) is 22.6 Å². The van der Waals surface area contributed by atoms with Crippen molar-refractivity contribution in [1.29, 1.82) is 0 Å². The van der Waals surface area contributed by atoms with E-state index in [1.165, 1.54) is 0 Å². The van der Waals surface area contributed by atoms with E-state index >= 15 is 0 Å². The molecule has 2 N–H and O–H groups in total. The van der Waals surface area contributed by atoms with E-state index in [0.29, 0.717) is 18.5 Å². The van der Waals surface area contributed by atoms with Crippen LogP contribution in [0.25, 0.3) is 0 Å². The maximum atomic E-state index is 12.5. The molecular weight excluding hydrogens is 324 g/mol. The average molecular weight is 340 g/mol. The van der Waals surface area contributed by atoms with Gasteiger partial charge in [0.05, 0.1) is 5.37 Å². The standard InChI is InChI=1S/C18H16N2O3S/c21-16(19-11-12-6-2-1-3-7-12)14-9-5-4-8-13(14)10-15-20-17(22)18(23)24-15/h1-9,15H,10-11H2,(H,19,21)(H,20,22). The smallest absolute Gasteiger partial charge is 0.299 e. The molecule has 0 radical (unpaired) electrons. The number of thioether (sulfide) groups is 1. The van der Waals surface area contributed by atoms with Gasteiger partial charge in [-0.05, 0) is 17.2 Å². The number of hydrogen-bond donors (Lipinski definition) is 2. The van der Waals surface area contributed by atoms with Gasteiger partial charge in [0.2, 0.25) is 0 Å². The Hall–Kier alpha value is -2.60. The van der Waals surface area contributed by atoms with E-state index in [4.69, 9.17) is 0 Å². The SMILES string of the molecule is O=C1NC(Cc2ccccc2C(=O)NCc2ccccc2)SC1=O. The maximum Gasteiger partial charge on any atom is 0.299 e. The second kappa shape index (κ2) is 7.31. The van der Waals surface area contributed by atoms with Crippen LogP contribution in [0.4, 0.5) is 0 Å². The molecular formula is C18H16N2O3S. The van der Waals surface area contributed by atoms with Gasteiger partial charge in [0.25, 0.3) is 16.9 Å². The van der Waals surface area contributed by atoms with Crippen molar-refractivity contribution in [2.24, 2.45) is 0 Å². The molecule has 5 nitrogen and oxygen atoms in total. The molecule has 2 aromatic carbocycles. The summed E-state index contributed by atoms with van der Waals surface area (Å²) in [6.07, 6.45) is 0.428. The van der Waals surface area contributed by atoms with E-state index in [1.807, 2.05) is 42.5 Å². The van der Waals surface area contributed by atoms with Crippen LogP contribution >= 0.6 is 11.8 Å². The monoisotopic (exact) mass is 340 g/mol. The Morgan fingerprint density at radius 2 is 1.75 bits per heavy atom. The molecule has 6 heteroatoms. The zero-order valence-corrected chi connectivity index (χ0v) is 13.6. The van der Waals surface area contributed by atoms with Gasteiger partial charge in [-0.15, -0.1) is 0 Å². The summed E-state index contributed by atoms with van der Waals surface area (Å²) in [5.41, 5.74) is 2.38. The largest absolute Gasteiger partial charge is 0.348 e. The van der Waals surface area contributed by atoms with Crippen LogP contribution in [0, 0.1) is 0 Å². The summed E-state index contributed by atoms with van der Waals surface area (Å²) in [6.45, 7) is 0.446. The van der Waals surface area contributed by atoms with Crippen LogP contribution in [0.1, 0.15) is 21.5 Å². The van der Waals surface area contributed by atoms with Gasteiger partial charge >= 0.3 is 0 Å². The maximum absolute atomic E-state index is 12.5. The predicted molar refractivity (Wildman–Crippen MR) is 92.3 cm³/mol. The molecule has 24 heavy (non-hydrogen) atoms. The summed E-state index contributed by atoms with van der Waals surface area (Å²) in [6, 6.07) is 16.9. The molecule has 0 bridgehead atoms. The normalized spacial score (nSPS) is 16.8. The van der Waals surface area contributed by atoms with Crippen LogP contribution in [0.2, 0.25) is 0 Å². The Bertz CT molecular complexity index is 761. The van der Waals surface area contributed by atoms with E-state index in [-0.39, 0.29) is 11.3 Å². The van der Waals surface area contributed by atoms with Crippen molar-refractivity contribution in [1.82, 2.24) is 10.6 Å². The number of benzene rings is 2. The summed E-state index contributed by atoms with van der Waals surface area (Å²) >= 11 is 0.968. The van der Waals surface area contributed by atoms with E-state index in [1.54, 1.807) is 12.1 Å². The van der Waals surface area contributed by atoms with Crippen molar-refractivity contribution in [3.05, 3.63) is 71.3 Å². The van der Waals surface area contributed by atoms with Gasteiger partial charge in [0.1, 0.15) is 0 Å². The predicted octanol–water partition coefficient (Wildman–Crippen LogP) is 1.87. The van der Waals surface area contributed by atoms with Gasteiger partial charge in [-0.25, -0.2) is 0 Å². The number of carbonyl (C=O) groups is 3. The molecule has 0 aromatic heterocycles. The highest BCUT2D eigenvalue weighted by Gasteiger charge is 2.31. The first-order chi connectivity index (χ1) is 11.6. The van der Waals surface area contributed by atoms with Crippen molar-refractivity contribution in [3.63, 3.8) is 0 Å². The van der Waals surface area contributed by atoms with Crippen molar-refractivity contribution in [2.75, 3.05) is 0 Å². The summed E-state index contributed by atoms with van der Waals surface area (Å²) in [5, 5.41) is 4.71. The molecule has 0 spiro atoms. The second-order valence-corrected chi connectivity index (χ2v) is 6.57. The first kappa shape index (κ1) is 16.3. The summed E-state index contributed by atoms with van der Waals surface area (Å²) in [4.78, 5) is 35.1. The number of nitrogens with one attached hydrogen (secondary N) is 2. The molecule has 2 amide bonds. The minimum absolute atomic E-state index is 0.171. The lowest BCUT2D eigenvalue weighted by atomic mass is 10.0. The Morgan fingerprint density at radius 3 is 2.46 bits per heavy atom. The molecule has 1 heterocycles. The number of carbonyl (C=O) groups excluding carboxylic acids is 3. The van der Waals surface area contributed by atoms with E-state index < -0.39 is 11.0 Å². The summed E-state index contributed by atoms with van der Waals surface area (Å²) < 4.78 is 0. The first-order valence-electron chi connectivity index (χ1n) is 7.55. The minimum atomic E-state index is -0.573. The Labute approximate surface area is 143 Å². The molecule has 1 unspecified atom stereocenters. The minimum Gasteiger partial charge on any atom is -0.348 e. The number of rotatable bonds is 5. The molecule has 1 aliphatic heterocycles. The van der Waals surface area contributed by atoms with Crippen molar-refractivity contribution >= 4 is 28.7 Å². The Morgan fingerprint density at radius 1 is 1.04 bits per heavy atom. The molecule has 0 aliphatic carbocycles. The first-order valence-corrected chi connectivity index (χ1v) is 8.43. The Balaban J connectivity index is 1.68. The third kappa shape index (κ3) is 3.83. The topological polar surface area (TPSA) is 75.3 Å². The highest BCUT2D eigenvalue weighted by molar-refractivity contribution is 8.16. The van der Waals surface area contributed by atoms with E-state index in [9.17, 15) is 14.4 Å². The molecule has 2 aromatic rings. The van der Waals surface area contributed by atoms with Crippen molar-refractivity contribution in [3.8, 4) is 0 Å². The van der Waals surface area contributed by atoms with Gasteiger partial charge < -0.3 is 10.6 Å². The molecule has 3 rings (SSSR count). The summed E-state index contributed by atoms with van der Waals surface area (Å²) in [7, 11) is 0. The zero-order valence-electron chi connectivity index (χ0n) is 12.8. The quantitative estimate of drug-likeness (QED) is 0.815. The van der Waals surface area contributed by atoms with Gasteiger partial charge in [-0.3, -0.25) is 14.4 Å². The van der Waals surface area contributed by atoms with E-state index in [2.05, 4.69) is 10.6 Å². The number of hydrogen-bond acceptors (Lipinski definition) is 4. The van der Waals surface area contributed by atoms with Crippen molar-refractivity contribution in [2.45, 2.75) is 18.3 Å². The zero-order chi connectivity index (χ0) is 16.9. The third-order valence-corrected chi connectivity index (χ3v) is 4.66.